The van der Waals surface area contributed by atoms with Crippen LogP contribution in [0, 0.1) is 18.6 Å². The van der Waals surface area contributed by atoms with Crippen molar-refractivity contribution in [3.63, 3.8) is 0 Å². The number of anilines is 3. The summed E-state index contributed by atoms with van der Waals surface area (Å²) >= 11 is 1.03. The molecule has 9 nitrogen and oxygen atoms in total. The molecule has 0 aliphatic carbocycles. The molecular formula is C19H17F2N7O2S. The van der Waals surface area contributed by atoms with Crippen LogP contribution in [0.2, 0.25) is 0 Å². The van der Waals surface area contributed by atoms with Crippen LogP contribution in [0.4, 0.5) is 25.3 Å². The van der Waals surface area contributed by atoms with E-state index in [1.807, 2.05) is 0 Å². The second-order valence-corrected chi connectivity index (χ2v) is 7.57. The van der Waals surface area contributed by atoms with E-state index in [2.05, 4.69) is 35.6 Å². The van der Waals surface area contributed by atoms with Gasteiger partial charge in [-0.25, -0.2) is 18.7 Å². The molecule has 2 aromatic heterocycles. The number of nitrogens with zero attached hydrogens (tertiary/aromatic N) is 3. The molecule has 0 bridgehead atoms. The van der Waals surface area contributed by atoms with Gasteiger partial charge in [0.05, 0.1) is 29.7 Å². The molecule has 4 rings (SSSR count). The van der Waals surface area contributed by atoms with Crippen molar-refractivity contribution in [3.8, 4) is 0 Å². The van der Waals surface area contributed by atoms with Crippen LogP contribution in [0.5, 0.6) is 0 Å². The van der Waals surface area contributed by atoms with E-state index in [0.717, 1.165) is 36.8 Å². The summed E-state index contributed by atoms with van der Waals surface area (Å²) in [6.45, 7) is 3.09. The number of halogens is 2. The first kappa shape index (κ1) is 20.8. The highest BCUT2D eigenvalue weighted by Gasteiger charge is 2.22. The number of hydrogen-bond donors (Lipinski definition) is 4. The normalized spacial score (nSPS) is 13.4. The highest BCUT2D eigenvalue weighted by molar-refractivity contribution is 7.10. The van der Waals surface area contributed by atoms with Crippen molar-refractivity contribution >= 4 is 39.9 Å². The number of carbonyl (C=O) groups is 2. The lowest BCUT2D eigenvalue weighted by Crippen LogP contribution is -2.57. The highest BCUT2D eigenvalue weighted by Crippen LogP contribution is 2.28. The van der Waals surface area contributed by atoms with Crippen LogP contribution in [-0.2, 0) is 0 Å². The minimum Gasteiger partial charge on any atom is -0.345 e. The Morgan fingerprint density at radius 2 is 1.94 bits per heavy atom. The summed E-state index contributed by atoms with van der Waals surface area (Å²) in [4.78, 5) is 33.1. The van der Waals surface area contributed by atoms with Crippen molar-refractivity contribution in [2.75, 3.05) is 23.7 Å². The summed E-state index contributed by atoms with van der Waals surface area (Å²) < 4.78 is 30.7. The van der Waals surface area contributed by atoms with E-state index in [1.54, 1.807) is 6.92 Å². The Bertz CT molecular complexity index is 1130. The van der Waals surface area contributed by atoms with E-state index in [-0.39, 0.29) is 28.9 Å². The van der Waals surface area contributed by atoms with Crippen LogP contribution >= 0.6 is 11.5 Å². The van der Waals surface area contributed by atoms with E-state index in [1.165, 1.54) is 18.5 Å². The second-order valence-electron chi connectivity index (χ2n) is 6.80. The van der Waals surface area contributed by atoms with Gasteiger partial charge in [-0.3, -0.25) is 9.59 Å². The monoisotopic (exact) mass is 445 g/mol. The molecule has 1 saturated heterocycles. The maximum absolute atomic E-state index is 13.4. The Kier molecular flexibility index (Phi) is 5.82. The molecule has 3 aromatic rings. The lowest BCUT2D eigenvalue weighted by Gasteiger charge is -2.27. The van der Waals surface area contributed by atoms with Crippen molar-refractivity contribution in [2.24, 2.45) is 0 Å². The first-order valence-electron chi connectivity index (χ1n) is 9.24. The Labute approximate surface area is 179 Å². The standard InChI is InChI=1S/C19H17F2N7O2S/c1-9-16(18(30)25-10-2-3-12(20)13(21)4-10)19(31-28-9)27-15-8-23-14(7-24-15)17(29)26-11-5-22-6-11/h2-4,7-8,11,22H,5-6H2,1H3,(H,24,27)(H,25,30)(H,26,29). The summed E-state index contributed by atoms with van der Waals surface area (Å²) in [5, 5.41) is 11.8. The summed E-state index contributed by atoms with van der Waals surface area (Å²) in [7, 11) is 0. The summed E-state index contributed by atoms with van der Waals surface area (Å²) in [6.07, 6.45) is 2.71. The molecule has 1 fully saturated rings. The molecule has 160 valence electrons. The maximum Gasteiger partial charge on any atom is 0.271 e. The number of amides is 2. The molecule has 12 heteroatoms. The van der Waals surface area contributed by atoms with E-state index in [0.29, 0.717) is 16.5 Å². The smallest absolute Gasteiger partial charge is 0.271 e. The van der Waals surface area contributed by atoms with Crippen LogP contribution in [0.3, 0.4) is 0 Å². The SMILES string of the molecule is Cc1nsc(Nc2cnc(C(=O)NC3CNC3)cn2)c1C(=O)Nc1ccc(F)c(F)c1. The van der Waals surface area contributed by atoms with E-state index in [9.17, 15) is 18.4 Å². The minimum atomic E-state index is -1.07. The van der Waals surface area contributed by atoms with Crippen LogP contribution in [0.1, 0.15) is 26.5 Å². The fraction of sp³-hybridized carbons (Fsp3) is 0.211. The first-order chi connectivity index (χ1) is 14.9. The van der Waals surface area contributed by atoms with Gasteiger partial charge in [0, 0.05) is 24.8 Å². The average molecular weight is 445 g/mol. The number of aryl methyl sites for hydroxylation is 1. The summed E-state index contributed by atoms with van der Waals surface area (Å²) in [5.41, 5.74) is 0.966. The number of carbonyl (C=O) groups excluding carboxylic acids is 2. The molecule has 1 aromatic carbocycles. The average Bonchev–Trinajstić information content (AvgIpc) is 3.08. The molecule has 2 amide bonds. The third-order valence-electron chi connectivity index (χ3n) is 4.51. The molecule has 0 radical (unpaired) electrons. The van der Waals surface area contributed by atoms with Crippen molar-refractivity contribution < 1.29 is 18.4 Å². The van der Waals surface area contributed by atoms with Gasteiger partial charge >= 0.3 is 0 Å². The zero-order valence-corrected chi connectivity index (χ0v) is 17.0. The number of aromatic nitrogens is 3. The van der Waals surface area contributed by atoms with Crippen molar-refractivity contribution in [3.05, 3.63) is 59.2 Å². The Hall–Kier alpha value is -3.51. The van der Waals surface area contributed by atoms with Gasteiger partial charge in [0.2, 0.25) is 0 Å². The van der Waals surface area contributed by atoms with E-state index >= 15 is 0 Å². The van der Waals surface area contributed by atoms with Crippen LogP contribution in [-0.4, -0.2) is 45.3 Å². The second kappa shape index (κ2) is 8.70. The molecule has 1 aliphatic rings. The topological polar surface area (TPSA) is 121 Å². The van der Waals surface area contributed by atoms with E-state index in [4.69, 9.17) is 0 Å². The largest absolute Gasteiger partial charge is 0.345 e. The number of rotatable bonds is 6. The van der Waals surface area contributed by atoms with E-state index < -0.39 is 17.5 Å². The van der Waals surface area contributed by atoms with Crippen molar-refractivity contribution in [1.29, 1.82) is 0 Å². The third kappa shape index (κ3) is 4.64. The predicted octanol–water partition coefficient (Wildman–Crippen LogP) is 2.22. The molecule has 3 heterocycles. The predicted molar refractivity (Wildman–Crippen MR) is 111 cm³/mol. The van der Waals surface area contributed by atoms with Gasteiger partial charge in [-0.05, 0) is 30.6 Å². The Morgan fingerprint density at radius 1 is 1.13 bits per heavy atom. The van der Waals surface area contributed by atoms with Crippen molar-refractivity contribution in [1.82, 2.24) is 25.0 Å². The maximum atomic E-state index is 13.4. The van der Waals surface area contributed by atoms with Gasteiger partial charge in [-0.2, -0.15) is 4.37 Å². The van der Waals surface area contributed by atoms with Crippen molar-refractivity contribution in [2.45, 2.75) is 13.0 Å². The van der Waals surface area contributed by atoms with Gasteiger partial charge in [0.15, 0.2) is 11.6 Å². The number of benzene rings is 1. The number of nitrogens with one attached hydrogen (secondary N) is 4. The van der Waals surface area contributed by atoms with Gasteiger partial charge in [-0.15, -0.1) is 0 Å². The van der Waals surface area contributed by atoms with Crippen LogP contribution < -0.4 is 21.3 Å². The molecule has 0 unspecified atom stereocenters. The molecule has 4 N–H and O–H groups in total. The molecule has 0 atom stereocenters. The highest BCUT2D eigenvalue weighted by atomic mass is 32.1. The Balaban J connectivity index is 1.46. The zero-order chi connectivity index (χ0) is 22.0. The molecular weight excluding hydrogens is 428 g/mol. The quantitative estimate of drug-likeness (QED) is 0.459. The summed E-state index contributed by atoms with van der Waals surface area (Å²) in [6, 6.07) is 3.16. The lowest BCUT2D eigenvalue weighted by atomic mass is 10.2. The fourth-order valence-electron chi connectivity index (χ4n) is 2.77. The van der Waals surface area contributed by atoms with Gasteiger partial charge in [0.1, 0.15) is 16.5 Å². The Morgan fingerprint density at radius 3 is 2.58 bits per heavy atom. The lowest BCUT2D eigenvalue weighted by molar-refractivity contribution is 0.0918. The van der Waals surface area contributed by atoms with Gasteiger partial charge in [-0.1, -0.05) is 0 Å². The molecule has 0 spiro atoms. The summed E-state index contributed by atoms with van der Waals surface area (Å²) in [5.74, 6) is -2.62. The zero-order valence-electron chi connectivity index (χ0n) is 16.2. The molecule has 31 heavy (non-hydrogen) atoms. The molecule has 1 aliphatic heterocycles. The number of hydrogen-bond acceptors (Lipinski definition) is 8. The van der Waals surface area contributed by atoms with Gasteiger partial charge < -0.3 is 21.3 Å². The fourth-order valence-corrected chi connectivity index (χ4v) is 3.57. The van der Waals surface area contributed by atoms with Gasteiger partial charge in [0.25, 0.3) is 11.8 Å². The first-order valence-corrected chi connectivity index (χ1v) is 10.0. The van der Waals surface area contributed by atoms with Crippen LogP contribution in [0.15, 0.2) is 30.6 Å². The van der Waals surface area contributed by atoms with Crippen LogP contribution in [0.25, 0.3) is 0 Å². The minimum absolute atomic E-state index is 0.0860. The molecule has 0 saturated carbocycles. The third-order valence-corrected chi connectivity index (χ3v) is 5.36.